The predicted molar refractivity (Wildman–Crippen MR) is 105 cm³/mol. The van der Waals surface area contributed by atoms with Crippen LogP contribution in [0.15, 0.2) is 4.79 Å². The first-order valence-corrected chi connectivity index (χ1v) is 9.01. The summed E-state index contributed by atoms with van der Waals surface area (Å²) in [7, 11) is 3.70. The van der Waals surface area contributed by atoms with Gasteiger partial charge in [-0.05, 0) is 20.8 Å². The SMILES string of the molecule is CC#CCn1c(N2CCNCC2)nc2nc(N(C)C(C)C)n(C)c(=O)c21. The fraction of sp³-hybridized carbons (Fsp3) is 0.611. The molecule has 2 aromatic heterocycles. The summed E-state index contributed by atoms with van der Waals surface area (Å²) in [5, 5.41) is 3.34. The summed E-state index contributed by atoms with van der Waals surface area (Å²) in [5.74, 6) is 7.38. The molecule has 0 amide bonds. The van der Waals surface area contributed by atoms with Crippen molar-refractivity contribution < 1.29 is 0 Å². The summed E-state index contributed by atoms with van der Waals surface area (Å²) in [5.41, 5.74) is 0.913. The molecule has 0 saturated carbocycles. The number of imidazole rings is 1. The Kier molecular flexibility index (Phi) is 5.18. The molecule has 0 unspecified atom stereocenters. The molecule has 8 heteroatoms. The lowest BCUT2D eigenvalue weighted by Crippen LogP contribution is -2.44. The van der Waals surface area contributed by atoms with Gasteiger partial charge in [-0.1, -0.05) is 5.92 Å². The largest absolute Gasteiger partial charge is 0.343 e. The second kappa shape index (κ2) is 7.38. The molecule has 1 aliphatic rings. The number of hydrogen-bond donors (Lipinski definition) is 1. The van der Waals surface area contributed by atoms with E-state index in [-0.39, 0.29) is 11.6 Å². The highest BCUT2D eigenvalue weighted by Crippen LogP contribution is 2.22. The Morgan fingerprint density at radius 2 is 1.96 bits per heavy atom. The van der Waals surface area contributed by atoms with E-state index in [9.17, 15) is 4.79 Å². The average molecular weight is 357 g/mol. The number of rotatable bonds is 4. The summed E-state index contributed by atoms with van der Waals surface area (Å²) in [6.45, 7) is 9.86. The van der Waals surface area contributed by atoms with Crippen LogP contribution in [-0.2, 0) is 13.6 Å². The molecule has 1 N–H and O–H groups in total. The monoisotopic (exact) mass is 357 g/mol. The van der Waals surface area contributed by atoms with Crippen molar-refractivity contribution in [2.75, 3.05) is 43.0 Å². The van der Waals surface area contributed by atoms with Gasteiger partial charge >= 0.3 is 0 Å². The van der Waals surface area contributed by atoms with Crippen LogP contribution < -0.4 is 20.7 Å². The second-order valence-electron chi connectivity index (χ2n) is 6.81. The zero-order chi connectivity index (χ0) is 18.8. The van der Waals surface area contributed by atoms with Gasteiger partial charge in [0.05, 0.1) is 6.54 Å². The normalized spacial score (nSPS) is 14.6. The van der Waals surface area contributed by atoms with E-state index in [1.807, 2.05) is 16.5 Å². The van der Waals surface area contributed by atoms with Crippen LogP contribution in [0.5, 0.6) is 0 Å². The first-order chi connectivity index (χ1) is 12.5. The van der Waals surface area contributed by atoms with Gasteiger partial charge in [0.15, 0.2) is 11.2 Å². The van der Waals surface area contributed by atoms with Gasteiger partial charge in [0, 0.05) is 46.3 Å². The minimum Gasteiger partial charge on any atom is -0.343 e. The smallest absolute Gasteiger partial charge is 0.281 e. The Hall–Kier alpha value is -2.53. The molecular weight excluding hydrogens is 330 g/mol. The van der Waals surface area contributed by atoms with Crippen molar-refractivity contribution in [1.29, 1.82) is 0 Å². The minimum atomic E-state index is -0.0933. The fourth-order valence-electron chi connectivity index (χ4n) is 3.10. The number of nitrogens with zero attached hydrogens (tertiary/aromatic N) is 6. The molecule has 0 spiro atoms. The van der Waals surface area contributed by atoms with Crippen LogP contribution in [0.3, 0.4) is 0 Å². The van der Waals surface area contributed by atoms with Gasteiger partial charge in [-0.25, -0.2) is 0 Å². The van der Waals surface area contributed by atoms with Crippen molar-refractivity contribution in [2.45, 2.75) is 33.4 Å². The van der Waals surface area contributed by atoms with Crippen molar-refractivity contribution in [1.82, 2.24) is 24.4 Å². The highest BCUT2D eigenvalue weighted by atomic mass is 16.1. The van der Waals surface area contributed by atoms with Crippen molar-refractivity contribution in [3.8, 4) is 11.8 Å². The number of anilines is 2. The third kappa shape index (κ3) is 3.15. The van der Waals surface area contributed by atoms with Gasteiger partial charge in [-0.2, -0.15) is 9.97 Å². The van der Waals surface area contributed by atoms with Gasteiger partial charge in [-0.15, -0.1) is 5.92 Å². The van der Waals surface area contributed by atoms with Gasteiger partial charge in [0.25, 0.3) is 5.56 Å². The van der Waals surface area contributed by atoms with Crippen molar-refractivity contribution in [2.24, 2.45) is 7.05 Å². The summed E-state index contributed by atoms with van der Waals surface area (Å²) < 4.78 is 3.51. The zero-order valence-corrected chi connectivity index (χ0v) is 16.2. The number of hydrogen-bond acceptors (Lipinski definition) is 6. The molecule has 140 valence electrons. The molecule has 1 saturated heterocycles. The fourth-order valence-corrected chi connectivity index (χ4v) is 3.10. The minimum absolute atomic E-state index is 0.0933. The van der Waals surface area contributed by atoms with Crippen LogP contribution in [-0.4, -0.2) is 58.4 Å². The molecule has 0 atom stereocenters. The molecule has 3 rings (SSSR count). The molecule has 3 heterocycles. The van der Waals surface area contributed by atoms with Crippen LogP contribution in [0.4, 0.5) is 11.9 Å². The first-order valence-electron chi connectivity index (χ1n) is 9.01. The highest BCUT2D eigenvalue weighted by Gasteiger charge is 2.24. The predicted octanol–water partition coefficient (Wildman–Crippen LogP) is 0.408. The van der Waals surface area contributed by atoms with Gasteiger partial charge < -0.3 is 15.1 Å². The Labute approximate surface area is 153 Å². The van der Waals surface area contributed by atoms with E-state index in [1.165, 1.54) is 0 Å². The van der Waals surface area contributed by atoms with E-state index in [0.29, 0.717) is 23.7 Å². The quantitative estimate of drug-likeness (QED) is 0.799. The number of aromatic nitrogens is 4. The molecule has 26 heavy (non-hydrogen) atoms. The molecule has 1 fully saturated rings. The van der Waals surface area contributed by atoms with Crippen LogP contribution >= 0.6 is 0 Å². The third-order valence-corrected chi connectivity index (χ3v) is 4.85. The van der Waals surface area contributed by atoms with Gasteiger partial charge in [0.2, 0.25) is 11.9 Å². The van der Waals surface area contributed by atoms with E-state index in [1.54, 1.807) is 18.5 Å². The van der Waals surface area contributed by atoms with Crippen LogP contribution in [0.25, 0.3) is 11.2 Å². The second-order valence-corrected chi connectivity index (χ2v) is 6.81. The van der Waals surface area contributed by atoms with Crippen LogP contribution in [0.2, 0.25) is 0 Å². The summed E-state index contributed by atoms with van der Waals surface area (Å²) in [6.07, 6.45) is 0. The van der Waals surface area contributed by atoms with Crippen molar-refractivity contribution >= 4 is 23.1 Å². The lowest BCUT2D eigenvalue weighted by Gasteiger charge is -2.28. The molecule has 0 radical (unpaired) electrons. The van der Waals surface area contributed by atoms with Gasteiger partial charge in [0.1, 0.15) is 0 Å². The summed E-state index contributed by atoms with van der Waals surface area (Å²) in [4.78, 5) is 26.7. The van der Waals surface area contributed by atoms with E-state index in [4.69, 9.17) is 9.97 Å². The van der Waals surface area contributed by atoms with Crippen LogP contribution in [0, 0.1) is 11.8 Å². The maximum Gasteiger partial charge on any atom is 0.281 e. The Bertz CT molecular complexity index is 909. The van der Waals surface area contributed by atoms with E-state index in [2.05, 4.69) is 35.9 Å². The van der Waals surface area contributed by atoms with Crippen LogP contribution in [0.1, 0.15) is 20.8 Å². The maximum atomic E-state index is 13.1. The molecule has 0 aromatic carbocycles. The van der Waals surface area contributed by atoms with Crippen molar-refractivity contribution in [3.05, 3.63) is 10.4 Å². The number of nitrogens with one attached hydrogen (secondary N) is 1. The van der Waals surface area contributed by atoms with E-state index >= 15 is 0 Å². The lowest BCUT2D eigenvalue weighted by molar-refractivity contribution is 0.573. The first kappa shape index (κ1) is 18.3. The summed E-state index contributed by atoms with van der Waals surface area (Å²) >= 11 is 0. The number of fused-ring (bicyclic) bond motifs is 1. The van der Waals surface area contributed by atoms with Gasteiger partial charge in [-0.3, -0.25) is 13.9 Å². The van der Waals surface area contributed by atoms with E-state index < -0.39 is 0 Å². The molecule has 0 bridgehead atoms. The standard InChI is InChI=1S/C18H27N7O/c1-6-7-10-25-14-15(21-18(25)24-11-8-19-9-12-24)20-17(22(4)13(2)3)23(5)16(14)26/h13,19H,8-12H2,1-5H3. The van der Waals surface area contributed by atoms with E-state index in [0.717, 1.165) is 32.1 Å². The number of piperazine rings is 1. The third-order valence-electron chi connectivity index (χ3n) is 4.85. The topological polar surface area (TPSA) is 71.2 Å². The summed E-state index contributed by atoms with van der Waals surface area (Å²) in [6, 6.07) is 0.228. The molecule has 0 aliphatic carbocycles. The Morgan fingerprint density at radius 3 is 2.58 bits per heavy atom. The Balaban J connectivity index is 2.22. The molecule has 8 nitrogen and oxygen atoms in total. The zero-order valence-electron chi connectivity index (χ0n) is 16.2. The Morgan fingerprint density at radius 1 is 1.27 bits per heavy atom. The lowest BCUT2D eigenvalue weighted by atomic mass is 10.3. The van der Waals surface area contributed by atoms with Crippen molar-refractivity contribution in [3.63, 3.8) is 0 Å². The molecule has 2 aromatic rings. The molecular formula is C18H27N7O. The average Bonchev–Trinajstić information content (AvgIpc) is 3.01. The highest BCUT2D eigenvalue weighted by molar-refractivity contribution is 5.76. The molecule has 1 aliphatic heterocycles. The maximum absolute atomic E-state index is 13.1.